The van der Waals surface area contributed by atoms with Gasteiger partial charge in [-0.15, -0.1) is 0 Å². The second kappa shape index (κ2) is 13.2. The SMILES string of the molecule is COc1cccc(C2=NN(C(=O)CN(CCN3CCOCC3)C(=O)c3cccc(F)c3)[C@@H](c3ccccc3Cl)C2)c1. The maximum Gasteiger partial charge on any atom is 0.262 e. The molecule has 0 radical (unpaired) electrons. The predicted molar refractivity (Wildman–Crippen MR) is 155 cm³/mol. The Bertz CT molecular complexity index is 1430. The van der Waals surface area contributed by atoms with Crippen LogP contribution in [0.1, 0.15) is 33.9 Å². The highest BCUT2D eigenvalue weighted by molar-refractivity contribution is 6.31. The second-order valence-electron chi connectivity index (χ2n) is 9.95. The van der Waals surface area contributed by atoms with Crippen LogP contribution in [0.3, 0.4) is 0 Å². The topological polar surface area (TPSA) is 74.7 Å². The van der Waals surface area contributed by atoms with Gasteiger partial charge in [-0.1, -0.05) is 48.0 Å². The lowest BCUT2D eigenvalue weighted by Gasteiger charge is -2.31. The molecule has 1 fully saturated rings. The standard InChI is InChI=1S/C31H32ClFN4O4/c1-40-25-9-5-6-22(19-25)28-20-29(26-10-2-3-11-27(26)32)37(34-28)30(38)21-36(13-12-35-14-16-41-17-15-35)31(39)23-7-4-8-24(33)18-23/h2-11,18-19,29H,12-17,20-21H2,1H3/t29-/m1/s1. The Morgan fingerprint density at radius 3 is 2.61 bits per heavy atom. The summed E-state index contributed by atoms with van der Waals surface area (Å²) < 4.78 is 24.8. The fourth-order valence-corrected chi connectivity index (χ4v) is 5.35. The van der Waals surface area contributed by atoms with E-state index < -0.39 is 17.8 Å². The molecule has 2 amide bonds. The molecule has 0 bridgehead atoms. The fraction of sp³-hybridized carbons (Fsp3) is 0.323. The van der Waals surface area contributed by atoms with Crippen molar-refractivity contribution in [1.29, 1.82) is 0 Å². The van der Waals surface area contributed by atoms with Gasteiger partial charge >= 0.3 is 0 Å². The van der Waals surface area contributed by atoms with Gasteiger partial charge in [0.05, 0.1) is 32.1 Å². The van der Waals surface area contributed by atoms with Crippen LogP contribution in [0.2, 0.25) is 5.02 Å². The number of halogens is 2. The number of hydrogen-bond acceptors (Lipinski definition) is 6. The van der Waals surface area contributed by atoms with E-state index in [1.807, 2.05) is 42.5 Å². The van der Waals surface area contributed by atoms with Crippen LogP contribution in [-0.2, 0) is 9.53 Å². The zero-order valence-electron chi connectivity index (χ0n) is 22.8. The Hall–Kier alpha value is -3.79. The molecule has 41 heavy (non-hydrogen) atoms. The summed E-state index contributed by atoms with van der Waals surface area (Å²) in [5.41, 5.74) is 2.49. The van der Waals surface area contributed by atoms with Crippen molar-refractivity contribution in [3.63, 3.8) is 0 Å². The number of hydrazone groups is 1. The molecule has 0 spiro atoms. The number of carbonyl (C=O) groups is 2. The second-order valence-corrected chi connectivity index (χ2v) is 10.4. The first-order valence-electron chi connectivity index (χ1n) is 13.6. The quantitative estimate of drug-likeness (QED) is 0.370. The van der Waals surface area contributed by atoms with Crippen molar-refractivity contribution >= 4 is 29.1 Å². The van der Waals surface area contributed by atoms with Crippen molar-refractivity contribution in [3.05, 3.63) is 100 Å². The Labute approximate surface area is 243 Å². The third-order valence-electron chi connectivity index (χ3n) is 7.31. The monoisotopic (exact) mass is 578 g/mol. The number of carbonyl (C=O) groups excluding carboxylic acids is 2. The van der Waals surface area contributed by atoms with E-state index in [1.165, 1.54) is 28.1 Å². The van der Waals surface area contributed by atoms with Crippen molar-refractivity contribution in [2.75, 3.05) is 53.0 Å². The van der Waals surface area contributed by atoms with Crippen molar-refractivity contribution < 1.29 is 23.5 Å². The molecule has 0 aromatic heterocycles. The highest BCUT2D eigenvalue weighted by Gasteiger charge is 2.35. The number of amides is 2. The highest BCUT2D eigenvalue weighted by atomic mass is 35.5. The van der Waals surface area contributed by atoms with Gasteiger partial charge in [-0.3, -0.25) is 14.5 Å². The van der Waals surface area contributed by atoms with Crippen molar-refractivity contribution in [3.8, 4) is 5.75 Å². The van der Waals surface area contributed by atoms with Gasteiger partial charge in [-0.25, -0.2) is 9.40 Å². The number of nitrogens with zero attached hydrogens (tertiary/aromatic N) is 4. The minimum Gasteiger partial charge on any atom is -0.497 e. The Morgan fingerprint density at radius 1 is 1.07 bits per heavy atom. The zero-order valence-corrected chi connectivity index (χ0v) is 23.6. The molecular weight excluding hydrogens is 547 g/mol. The van der Waals surface area contributed by atoms with Gasteiger partial charge in [-0.05, 0) is 42.0 Å². The predicted octanol–water partition coefficient (Wildman–Crippen LogP) is 4.64. The van der Waals surface area contributed by atoms with Crippen LogP contribution in [0, 0.1) is 5.82 Å². The van der Waals surface area contributed by atoms with Crippen molar-refractivity contribution in [2.45, 2.75) is 12.5 Å². The first-order chi connectivity index (χ1) is 19.9. The molecular formula is C31H32ClFN4O4. The summed E-state index contributed by atoms with van der Waals surface area (Å²) in [6, 6.07) is 19.9. The van der Waals surface area contributed by atoms with Gasteiger partial charge in [-0.2, -0.15) is 5.10 Å². The van der Waals surface area contributed by atoms with Crippen LogP contribution in [0.4, 0.5) is 4.39 Å². The van der Waals surface area contributed by atoms with E-state index in [1.54, 1.807) is 19.2 Å². The number of hydrogen-bond donors (Lipinski definition) is 0. The molecule has 0 N–H and O–H groups in total. The summed E-state index contributed by atoms with van der Waals surface area (Å²) in [7, 11) is 1.60. The number of morpholine rings is 1. The molecule has 0 aliphatic carbocycles. The van der Waals surface area contributed by atoms with Crippen LogP contribution < -0.4 is 4.74 Å². The molecule has 0 saturated carbocycles. The smallest absolute Gasteiger partial charge is 0.262 e. The Kier molecular flexibility index (Phi) is 9.28. The van der Waals surface area contributed by atoms with Crippen molar-refractivity contribution in [1.82, 2.24) is 14.8 Å². The van der Waals surface area contributed by atoms with Gasteiger partial charge < -0.3 is 14.4 Å². The van der Waals surface area contributed by atoms with Gasteiger partial charge in [0.2, 0.25) is 0 Å². The lowest BCUT2D eigenvalue weighted by Crippen LogP contribution is -2.46. The molecule has 1 atom stereocenters. The summed E-state index contributed by atoms with van der Waals surface area (Å²) in [5.74, 6) is -0.614. The third-order valence-corrected chi connectivity index (χ3v) is 7.65. The summed E-state index contributed by atoms with van der Waals surface area (Å²) >= 11 is 6.58. The van der Waals surface area contributed by atoms with E-state index in [4.69, 9.17) is 26.2 Å². The first-order valence-corrected chi connectivity index (χ1v) is 13.9. The molecule has 1 saturated heterocycles. The van der Waals surface area contributed by atoms with E-state index in [2.05, 4.69) is 4.90 Å². The van der Waals surface area contributed by atoms with Gasteiger partial charge in [0.15, 0.2) is 0 Å². The minimum atomic E-state index is -0.513. The Morgan fingerprint density at radius 2 is 1.85 bits per heavy atom. The van der Waals surface area contributed by atoms with E-state index in [-0.39, 0.29) is 24.6 Å². The summed E-state index contributed by atoms with van der Waals surface area (Å²) in [6.45, 7) is 3.34. The van der Waals surface area contributed by atoms with E-state index in [9.17, 15) is 14.0 Å². The van der Waals surface area contributed by atoms with E-state index >= 15 is 0 Å². The zero-order chi connectivity index (χ0) is 28.8. The van der Waals surface area contributed by atoms with Crippen LogP contribution in [-0.4, -0.2) is 85.4 Å². The molecule has 2 aliphatic rings. The van der Waals surface area contributed by atoms with Gasteiger partial charge in [0.1, 0.15) is 18.1 Å². The van der Waals surface area contributed by atoms with Crippen LogP contribution >= 0.6 is 11.6 Å². The lowest BCUT2D eigenvalue weighted by atomic mass is 9.98. The van der Waals surface area contributed by atoms with Crippen molar-refractivity contribution in [2.24, 2.45) is 5.10 Å². The number of benzene rings is 3. The van der Waals surface area contributed by atoms with Crippen LogP contribution in [0.15, 0.2) is 77.9 Å². The average molecular weight is 579 g/mol. The molecule has 0 unspecified atom stereocenters. The molecule has 8 nitrogen and oxygen atoms in total. The normalized spacial score (nSPS) is 17.3. The van der Waals surface area contributed by atoms with Gasteiger partial charge in [0.25, 0.3) is 11.8 Å². The summed E-state index contributed by atoms with van der Waals surface area (Å²) in [4.78, 5) is 31.2. The first kappa shape index (κ1) is 28.7. The molecule has 5 rings (SSSR count). The fourth-order valence-electron chi connectivity index (χ4n) is 5.08. The molecule has 2 heterocycles. The average Bonchev–Trinajstić information content (AvgIpc) is 3.45. The minimum absolute atomic E-state index is 0.185. The number of methoxy groups -OCH3 is 1. The largest absolute Gasteiger partial charge is 0.497 e. The summed E-state index contributed by atoms with van der Waals surface area (Å²) in [5, 5.41) is 6.70. The molecule has 3 aromatic carbocycles. The van der Waals surface area contributed by atoms with Crippen LogP contribution in [0.5, 0.6) is 5.75 Å². The summed E-state index contributed by atoms with van der Waals surface area (Å²) in [6.07, 6.45) is 0.439. The molecule has 214 valence electrons. The van der Waals surface area contributed by atoms with Crippen LogP contribution in [0.25, 0.3) is 0 Å². The number of ether oxygens (including phenoxy) is 2. The third kappa shape index (κ3) is 6.93. The Balaban J connectivity index is 1.43. The molecule has 3 aromatic rings. The van der Waals surface area contributed by atoms with E-state index in [0.29, 0.717) is 42.7 Å². The van der Waals surface area contributed by atoms with E-state index in [0.717, 1.165) is 24.2 Å². The maximum atomic E-state index is 14.0. The lowest BCUT2D eigenvalue weighted by molar-refractivity contribution is -0.133. The molecule has 2 aliphatic heterocycles. The number of rotatable bonds is 9. The maximum absolute atomic E-state index is 14.0. The highest BCUT2D eigenvalue weighted by Crippen LogP contribution is 2.36. The van der Waals surface area contributed by atoms with Gasteiger partial charge in [0, 0.05) is 48.7 Å². The molecule has 10 heteroatoms.